The van der Waals surface area contributed by atoms with Gasteiger partial charge in [-0.2, -0.15) is 0 Å². The van der Waals surface area contributed by atoms with Gasteiger partial charge in [0.25, 0.3) is 0 Å². The summed E-state index contributed by atoms with van der Waals surface area (Å²) in [5, 5.41) is 0. The lowest BCUT2D eigenvalue weighted by Gasteiger charge is -2.12. The van der Waals surface area contributed by atoms with Crippen molar-refractivity contribution in [2.75, 3.05) is 0 Å². The number of carbonyl (C=O) groups excluding carboxylic acids is 2. The molecule has 0 aliphatic heterocycles. The number of benzene rings is 2. The Morgan fingerprint density at radius 3 is 2.50 bits per heavy atom. The molecule has 0 atom stereocenters. The molecule has 0 unspecified atom stereocenters. The van der Waals surface area contributed by atoms with Gasteiger partial charge in [0.05, 0.1) is 5.56 Å². The molecule has 0 aliphatic carbocycles. The fourth-order valence-corrected chi connectivity index (χ4v) is 1.73. The van der Waals surface area contributed by atoms with E-state index in [1.165, 1.54) is 6.92 Å². The van der Waals surface area contributed by atoms with Crippen LogP contribution in [-0.4, -0.2) is 12.3 Å². The Balaban J connectivity index is 2.22. The Morgan fingerprint density at radius 1 is 1.10 bits per heavy atom. The first kappa shape index (κ1) is 13.8. The minimum absolute atomic E-state index is 0.158. The first-order valence-corrected chi connectivity index (χ1v) is 6.14. The second-order valence-electron chi connectivity index (χ2n) is 4.16. The zero-order chi connectivity index (χ0) is 14.4. The van der Waals surface area contributed by atoms with Crippen molar-refractivity contribution < 1.29 is 19.1 Å². The monoisotopic (exact) mass is 270 g/mol. The maximum absolute atomic E-state index is 11.1. The van der Waals surface area contributed by atoms with Crippen LogP contribution in [0, 0.1) is 0 Å². The van der Waals surface area contributed by atoms with Crippen LogP contribution in [-0.2, 0) is 11.4 Å². The Morgan fingerprint density at radius 2 is 1.85 bits per heavy atom. The molecule has 0 fully saturated rings. The van der Waals surface area contributed by atoms with Gasteiger partial charge < -0.3 is 9.47 Å². The van der Waals surface area contributed by atoms with Gasteiger partial charge in [-0.1, -0.05) is 36.4 Å². The molecule has 4 nitrogen and oxygen atoms in total. The van der Waals surface area contributed by atoms with Gasteiger partial charge in [-0.3, -0.25) is 9.59 Å². The third kappa shape index (κ3) is 3.45. The molecule has 0 amide bonds. The summed E-state index contributed by atoms with van der Waals surface area (Å²) in [4.78, 5) is 22.1. The largest absolute Gasteiger partial charge is 0.485 e. The number of aldehydes is 1. The molecular weight excluding hydrogens is 256 g/mol. The predicted octanol–water partition coefficient (Wildman–Crippen LogP) is 3.00. The molecule has 0 radical (unpaired) electrons. The molecule has 0 bridgehead atoms. The quantitative estimate of drug-likeness (QED) is 0.476. The Kier molecular flexibility index (Phi) is 4.50. The van der Waals surface area contributed by atoms with Crippen LogP contribution in [0.25, 0.3) is 0 Å². The average molecular weight is 270 g/mol. The molecule has 20 heavy (non-hydrogen) atoms. The first-order chi connectivity index (χ1) is 9.70. The van der Waals surface area contributed by atoms with Gasteiger partial charge in [0.15, 0.2) is 17.8 Å². The van der Waals surface area contributed by atoms with E-state index in [0.717, 1.165) is 5.56 Å². The second kappa shape index (κ2) is 6.52. The number of rotatable bonds is 5. The SMILES string of the molecule is CC(=O)Oc1c(C=O)cccc1OCc1ccccc1. The molecule has 0 N–H and O–H groups in total. The van der Waals surface area contributed by atoms with Crippen LogP contribution in [0.1, 0.15) is 22.8 Å². The van der Waals surface area contributed by atoms with Crippen LogP contribution < -0.4 is 9.47 Å². The van der Waals surface area contributed by atoms with Crippen molar-refractivity contribution in [1.82, 2.24) is 0 Å². The summed E-state index contributed by atoms with van der Waals surface area (Å²) >= 11 is 0. The lowest BCUT2D eigenvalue weighted by atomic mass is 10.2. The van der Waals surface area contributed by atoms with Gasteiger partial charge in [-0.05, 0) is 17.7 Å². The van der Waals surface area contributed by atoms with Gasteiger partial charge in [-0.15, -0.1) is 0 Å². The summed E-state index contributed by atoms with van der Waals surface area (Å²) in [6, 6.07) is 14.5. The van der Waals surface area contributed by atoms with Gasteiger partial charge in [0, 0.05) is 6.92 Å². The molecule has 4 heteroatoms. The van der Waals surface area contributed by atoms with Crippen LogP contribution >= 0.6 is 0 Å². The van der Waals surface area contributed by atoms with Gasteiger partial charge in [0.2, 0.25) is 0 Å². The van der Waals surface area contributed by atoms with E-state index >= 15 is 0 Å². The summed E-state index contributed by atoms with van der Waals surface area (Å²) in [5.74, 6) is 0.0310. The molecule has 0 saturated heterocycles. The lowest BCUT2D eigenvalue weighted by Crippen LogP contribution is -2.06. The molecule has 2 aromatic rings. The number of carbonyl (C=O) groups is 2. The number of esters is 1. The molecule has 0 heterocycles. The maximum Gasteiger partial charge on any atom is 0.308 e. The normalized spacial score (nSPS) is 9.85. The van der Waals surface area contributed by atoms with Crippen molar-refractivity contribution in [3.05, 3.63) is 59.7 Å². The highest BCUT2D eigenvalue weighted by Gasteiger charge is 2.13. The Labute approximate surface area is 116 Å². The summed E-state index contributed by atoms with van der Waals surface area (Å²) in [6.45, 7) is 1.61. The van der Waals surface area contributed by atoms with Crippen LogP contribution in [0.5, 0.6) is 11.5 Å². The van der Waals surface area contributed by atoms with E-state index in [1.807, 2.05) is 30.3 Å². The fraction of sp³-hybridized carbons (Fsp3) is 0.125. The molecule has 0 saturated carbocycles. The highest BCUT2D eigenvalue weighted by Crippen LogP contribution is 2.31. The van der Waals surface area contributed by atoms with Crippen LogP contribution in [0.4, 0.5) is 0 Å². The van der Waals surface area contributed by atoms with E-state index in [9.17, 15) is 9.59 Å². The van der Waals surface area contributed by atoms with Crippen molar-refractivity contribution in [2.45, 2.75) is 13.5 Å². The molecule has 0 spiro atoms. The fourth-order valence-electron chi connectivity index (χ4n) is 1.73. The van der Waals surface area contributed by atoms with Crippen molar-refractivity contribution in [1.29, 1.82) is 0 Å². The number of hydrogen-bond donors (Lipinski definition) is 0. The minimum atomic E-state index is -0.496. The maximum atomic E-state index is 11.1. The zero-order valence-electron chi connectivity index (χ0n) is 11.0. The van der Waals surface area contributed by atoms with E-state index < -0.39 is 5.97 Å². The van der Waals surface area contributed by atoms with E-state index in [-0.39, 0.29) is 11.3 Å². The van der Waals surface area contributed by atoms with E-state index in [1.54, 1.807) is 18.2 Å². The average Bonchev–Trinajstić information content (AvgIpc) is 2.46. The van der Waals surface area contributed by atoms with E-state index in [4.69, 9.17) is 9.47 Å². The van der Waals surface area contributed by atoms with Crippen LogP contribution in [0.2, 0.25) is 0 Å². The summed E-state index contributed by atoms with van der Waals surface area (Å²) in [6.07, 6.45) is 0.633. The van der Waals surface area contributed by atoms with Crippen LogP contribution in [0.3, 0.4) is 0 Å². The van der Waals surface area contributed by atoms with E-state index in [0.29, 0.717) is 18.6 Å². The topological polar surface area (TPSA) is 52.6 Å². The summed E-state index contributed by atoms with van der Waals surface area (Å²) in [7, 11) is 0. The highest BCUT2D eigenvalue weighted by molar-refractivity contribution is 5.83. The zero-order valence-corrected chi connectivity index (χ0v) is 11.0. The molecule has 2 rings (SSSR count). The predicted molar refractivity (Wildman–Crippen MR) is 73.9 cm³/mol. The van der Waals surface area contributed by atoms with Crippen LogP contribution in [0.15, 0.2) is 48.5 Å². The van der Waals surface area contributed by atoms with Crippen molar-refractivity contribution in [3.8, 4) is 11.5 Å². The number of ether oxygens (including phenoxy) is 2. The van der Waals surface area contributed by atoms with Crippen molar-refractivity contribution in [2.24, 2.45) is 0 Å². The highest BCUT2D eigenvalue weighted by atomic mass is 16.6. The molecule has 102 valence electrons. The smallest absolute Gasteiger partial charge is 0.308 e. The van der Waals surface area contributed by atoms with Crippen molar-refractivity contribution in [3.63, 3.8) is 0 Å². The Hall–Kier alpha value is -2.62. The van der Waals surface area contributed by atoms with Gasteiger partial charge >= 0.3 is 5.97 Å². The second-order valence-corrected chi connectivity index (χ2v) is 4.16. The van der Waals surface area contributed by atoms with E-state index in [2.05, 4.69) is 0 Å². The third-order valence-electron chi connectivity index (χ3n) is 2.62. The molecule has 0 aliphatic rings. The molecule has 2 aromatic carbocycles. The summed E-state index contributed by atoms with van der Waals surface area (Å²) in [5.41, 5.74) is 1.27. The third-order valence-corrected chi connectivity index (χ3v) is 2.62. The van der Waals surface area contributed by atoms with Crippen molar-refractivity contribution >= 4 is 12.3 Å². The standard InChI is InChI=1S/C16H14O4/c1-12(18)20-16-14(10-17)8-5-9-15(16)19-11-13-6-3-2-4-7-13/h2-10H,11H2,1H3. The Bertz CT molecular complexity index is 605. The summed E-state index contributed by atoms with van der Waals surface area (Å²) < 4.78 is 10.7. The lowest BCUT2D eigenvalue weighted by molar-refractivity contribution is -0.132. The molecule has 0 aromatic heterocycles. The van der Waals surface area contributed by atoms with Gasteiger partial charge in [0.1, 0.15) is 6.61 Å². The molecular formula is C16H14O4. The number of para-hydroxylation sites is 1. The number of hydrogen-bond acceptors (Lipinski definition) is 4. The van der Waals surface area contributed by atoms with Gasteiger partial charge in [-0.25, -0.2) is 0 Å². The minimum Gasteiger partial charge on any atom is -0.485 e. The first-order valence-electron chi connectivity index (χ1n) is 6.14.